The van der Waals surface area contributed by atoms with Gasteiger partial charge in [0.25, 0.3) is 0 Å². The number of methoxy groups -OCH3 is 2. The number of aromatic nitrogens is 2. The van der Waals surface area contributed by atoms with Gasteiger partial charge in [-0.1, -0.05) is 11.6 Å². The third-order valence-corrected chi connectivity index (χ3v) is 3.26. The van der Waals surface area contributed by atoms with E-state index in [0.29, 0.717) is 16.5 Å². The summed E-state index contributed by atoms with van der Waals surface area (Å²) in [6.07, 6.45) is 1.58. The van der Waals surface area contributed by atoms with Crippen LogP contribution in [0.1, 0.15) is 17.3 Å². The Balaban J connectivity index is 2.46. The molecule has 0 amide bonds. The highest BCUT2D eigenvalue weighted by molar-refractivity contribution is 6.31. The smallest absolute Gasteiger partial charge is 0.122 e. The minimum Gasteiger partial charge on any atom is -0.497 e. The van der Waals surface area contributed by atoms with Crippen molar-refractivity contribution in [3.05, 3.63) is 40.7 Å². The highest BCUT2D eigenvalue weighted by Gasteiger charge is 2.18. The van der Waals surface area contributed by atoms with E-state index in [-0.39, 0.29) is 0 Å². The Hall–Kier alpha value is -1.72. The molecule has 1 aromatic carbocycles. The first-order chi connectivity index (χ1) is 9.06. The van der Waals surface area contributed by atoms with Crippen molar-refractivity contribution in [1.29, 1.82) is 0 Å². The van der Waals surface area contributed by atoms with E-state index >= 15 is 0 Å². The maximum Gasteiger partial charge on any atom is 0.122 e. The molecule has 2 N–H and O–H groups in total. The van der Waals surface area contributed by atoms with Gasteiger partial charge in [-0.15, -0.1) is 0 Å². The van der Waals surface area contributed by atoms with Gasteiger partial charge in [-0.2, -0.15) is 5.10 Å². The summed E-state index contributed by atoms with van der Waals surface area (Å²) < 4.78 is 12.1. The van der Waals surface area contributed by atoms with Crippen LogP contribution >= 0.6 is 11.6 Å². The fraction of sp³-hybridized carbons (Fsp3) is 0.308. The summed E-state index contributed by atoms with van der Waals surface area (Å²) in [6, 6.07) is 5.11. The van der Waals surface area contributed by atoms with Crippen LogP contribution in [0.4, 0.5) is 0 Å². The van der Waals surface area contributed by atoms with E-state index in [1.165, 1.54) is 0 Å². The molecule has 0 saturated carbocycles. The van der Waals surface area contributed by atoms with Crippen LogP contribution in [0.2, 0.25) is 5.02 Å². The zero-order valence-corrected chi connectivity index (χ0v) is 11.8. The third-order valence-electron chi connectivity index (χ3n) is 2.97. The summed E-state index contributed by atoms with van der Waals surface area (Å²) in [5.74, 6) is 1.37. The number of nitrogens with two attached hydrogens (primary N) is 1. The minimum atomic E-state index is -0.399. The van der Waals surface area contributed by atoms with Crippen molar-refractivity contribution in [1.82, 2.24) is 9.78 Å². The first-order valence-corrected chi connectivity index (χ1v) is 6.10. The number of hydrogen-bond donors (Lipinski definition) is 1. The molecule has 19 heavy (non-hydrogen) atoms. The van der Waals surface area contributed by atoms with Crippen LogP contribution in [-0.2, 0) is 7.05 Å². The summed E-state index contributed by atoms with van der Waals surface area (Å²) >= 11 is 6.11. The molecule has 0 fully saturated rings. The van der Waals surface area contributed by atoms with Crippen molar-refractivity contribution < 1.29 is 9.47 Å². The van der Waals surface area contributed by atoms with Gasteiger partial charge in [0, 0.05) is 13.1 Å². The first-order valence-electron chi connectivity index (χ1n) is 5.72. The van der Waals surface area contributed by atoms with Crippen molar-refractivity contribution in [2.45, 2.75) is 6.04 Å². The van der Waals surface area contributed by atoms with Gasteiger partial charge >= 0.3 is 0 Å². The lowest BCUT2D eigenvalue weighted by molar-refractivity contribution is 0.393. The maximum absolute atomic E-state index is 6.25. The second-order valence-electron chi connectivity index (χ2n) is 4.13. The van der Waals surface area contributed by atoms with Crippen LogP contribution in [0.25, 0.3) is 0 Å². The molecular formula is C13H16ClN3O2. The Kier molecular flexibility index (Phi) is 3.97. The molecule has 6 heteroatoms. The Morgan fingerprint density at radius 1 is 1.21 bits per heavy atom. The normalized spacial score (nSPS) is 12.3. The van der Waals surface area contributed by atoms with Crippen LogP contribution in [0.3, 0.4) is 0 Å². The fourth-order valence-electron chi connectivity index (χ4n) is 1.94. The highest BCUT2D eigenvalue weighted by Crippen LogP contribution is 2.31. The average molecular weight is 282 g/mol. The molecule has 0 radical (unpaired) electrons. The lowest BCUT2D eigenvalue weighted by Crippen LogP contribution is -2.16. The van der Waals surface area contributed by atoms with E-state index in [9.17, 15) is 0 Å². The molecule has 0 aliphatic rings. The number of benzene rings is 1. The predicted molar refractivity (Wildman–Crippen MR) is 73.8 cm³/mol. The predicted octanol–water partition coefficient (Wildman–Crippen LogP) is 2.14. The number of aryl methyl sites for hydroxylation is 1. The number of hydrogen-bond acceptors (Lipinski definition) is 4. The fourth-order valence-corrected chi connectivity index (χ4v) is 2.22. The zero-order chi connectivity index (χ0) is 14.0. The summed E-state index contributed by atoms with van der Waals surface area (Å²) in [7, 11) is 5.00. The largest absolute Gasteiger partial charge is 0.497 e. The van der Waals surface area contributed by atoms with Crippen LogP contribution in [0.15, 0.2) is 24.4 Å². The lowest BCUT2D eigenvalue weighted by atomic mass is 10.0. The van der Waals surface area contributed by atoms with Crippen molar-refractivity contribution in [2.24, 2.45) is 12.8 Å². The molecule has 0 bridgehead atoms. The van der Waals surface area contributed by atoms with Gasteiger partial charge in [0.15, 0.2) is 0 Å². The quantitative estimate of drug-likeness (QED) is 0.933. The molecule has 2 rings (SSSR count). The standard InChI is InChI=1S/C13H16ClN3O2/c1-17-13(11(14)7-16-17)12(15)8-4-9(18-2)6-10(5-8)19-3/h4-7,12H,15H2,1-3H3. The Labute approximate surface area is 116 Å². The Morgan fingerprint density at radius 3 is 2.21 bits per heavy atom. The number of rotatable bonds is 4. The van der Waals surface area contributed by atoms with E-state index in [2.05, 4.69) is 5.10 Å². The van der Waals surface area contributed by atoms with Crippen molar-refractivity contribution in [3.8, 4) is 11.5 Å². The van der Waals surface area contributed by atoms with Gasteiger partial charge in [-0.05, 0) is 17.7 Å². The summed E-state index contributed by atoms with van der Waals surface area (Å²) in [5.41, 5.74) is 7.85. The summed E-state index contributed by atoms with van der Waals surface area (Å²) in [6.45, 7) is 0. The van der Waals surface area contributed by atoms with Gasteiger partial charge in [0.1, 0.15) is 11.5 Å². The van der Waals surface area contributed by atoms with E-state index in [4.69, 9.17) is 26.8 Å². The second-order valence-corrected chi connectivity index (χ2v) is 4.53. The molecule has 0 saturated heterocycles. The van der Waals surface area contributed by atoms with Crippen LogP contribution in [0.5, 0.6) is 11.5 Å². The van der Waals surface area contributed by atoms with Crippen molar-refractivity contribution in [2.75, 3.05) is 14.2 Å². The van der Waals surface area contributed by atoms with Crippen LogP contribution in [0, 0.1) is 0 Å². The average Bonchev–Trinajstić information content (AvgIpc) is 2.76. The second kappa shape index (κ2) is 5.50. The van der Waals surface area contributed by atoms with Crippen LogP contribution < -0.4 is 15.2 Å². The third kappa shape index (κ3) is 2.67. The molecule has 0 aliphatic heterocycles. The highest BCUT2D eigenvalue weighted by atomic mass is 35.5. The van der Waals surface area contributed by atoms with E-state index in [1.807, 2.05) is 12.1 Å². The molecule has 102 valence electrons. The molecule has 1 unspecified atom stereocenters. The van der Waals surface area contributed by atoms with Gasteiger partial charge in [0.05, 0.1) is 37.2 Å². The van der Waals surface area contributed by atoms with Crippen LogP contribution in [-0.4, -0.2) is 24.0 Å². The van der Waals surface area contributed by atoms with E-state index in [1.54, 1.807) is 38.2 Å². The molecule has 1 heterocycles. The molecule has 5 nitrogen and oxygen atoms in total. The monoisotopic (exact) mass is 281 g/mol. The molecule has 0 spiro atoms. The maximum atomic E-state index is 6.25. The molecule has 1 atom stereocenters. The van der Waals surface area contributed by atoms with Crippen molar-refractivity contribution in [3.63, 3.8) is 0 Å². The Morgan fingerprint density at radius 2 is 1.79 bits per heavy atom. The molecule has 2 aromatic rings. The zero-order valence-electron chi connectivity index (χ0n) is 11.1. The van der Waals surface area contributed by atoms with Gasteiger partial charge in [-0.25, -0.2) is 0 Å². The van der Waals surface area contributed by atoms with Gasteiger partial charge in [0.2, 0.25) is 0 Å². The number of halogens is 1. The number of nitrogens with zero attached hydrogens (tertiary/aromatic N) is 2. The van der Waals surface area contributed by atoms with Gasteiger partial charge < -0.3 is 15.2 Å². The van der Waals surface area contributed by atoms with Gasteiger partial charge in [-0.3, -0.25) is 4.68 Å². The van der Waals surface area contributed by atoms with Crippen molar-refractivity contribution >= 4 is 11.6 Å². The number of ether oxygens (including phenoxy) is 2. The summed E-state index contributed by atoms with van der Waals surface area (Å²) in [5, 5.41) is 4.63. The topological polar surface area (TPSA) is 62.3 Å². The van der Waals surface area contributed by atoms with E-state index < -0.39 is 6.04 Å². The lowest BCUT2D eigenvalue weighted by Gasteiger charge is -2.15. The molecule has 0 aliphatic carbocycles. The first kappa shape index (κ1) is 13.7. The van der Waals surface area contributed by atoms with E-state index in [0.717, 1.165) is 11.3 Å². The Bertz CT molecular complexity index is 542. The molecular weight excluding hydrogens is 266 g/mol. The SMILES string of the molecule is COc1cc(OC)cc(C(N)c2c(Cl)cnn2C)c1. The summed E-state index contributed by atoms with van der Waals surface area (Å²) in [4.78, 5) is 0. The molecule has 1 aromatic heterocycles. The minimum absolute atomic E-state index is 0.399.